The SMILES string of the molecule is CCOCCS(=O)(=O)N(C)Cc1ccc(C(=O)O)cc1. The average molecular weight is 301 g/mol. The molecule has 0 unspecified atom stereocenters. The Morgan fingerprint density at radius 2 is 1.90 bits per heavy atom. The first-order valence-corrected chi connectivity index (χ1v) is 7.81. The molecule has 0 aliphatic carbocycles. The molecule has 0 atom stereocenters. The van der Waals surface area contributed by atoms with Gasteiger partial charge in [0.2, 0.25) is 10.0 Å². The van der Waals surface area contributed by atoms with Crippen LogP contribution >= 0.6 is 0 Å². The molecule has 6 nitrogen and oxygen atoms in total. The highest BCUT2D eigenvalue weighted by atomic mass is 32.2. The summed E-state index contributed by atoms with van der Waals surface area (Å²) in [7, 11) is -1.87. The summed E-state index contributed by atoms with van der Waals surface area (Å²) in [4.78, 5) is 10.7. The van der Waals surface area contributed by atoms with Crippen molar-refractivity contribution in [1.82, 2.24) is 4.31 Å². The van der Waals surface area contributed by atoms with E-state index in [9.17, 15) is 13.2 Å². The molecule has 0 bridgehead atoms. The largest absolute Gasteiger partial charge is 0.478 e. The Bertz CT molecular complexity index is 538. The molecule has 1 N–H and O–H groups in total. The molecule has 0 radical (unpaired) electrons. The van der Waals surface area contributed by atoms with Crippen molar-refractivity contribution >= 4 is 16.0 Å². The Hall–Kier alpha value is -1.44. The van der Waals surface area contributed by atoms with E-state index in [2.05, 4.69) is 0 Å². The Morgan fingerprint density at radius 1 is 1.30 bits per heavy atom. The molecular formula is C13H19NO5S. The van der Waals surface area contributed by atoms with Crippen LogP contribution in [0.2, 0.25) is 0 Å². The second kappa shape index (κ2) is 7.37. The molecule has 1 aromatic rings. The molecule has 0 heterocycles. The maximum absolute atomic E-state index is 11.9. The van der Waals surface area contributed by atoms with Gasteiger partial charge in [-0.15, -0.1) is 0 Å². The number of carbonyl (C=O) groups is 1. The maximum atomic E-state index is 11.9. The lowest BCUT2D eigenvalue weighted by Crippen LogP contribution is -2.30. The van der Waals surface area contributed by atoms with Crippen LogP contribution in [-0.2, 0) is 21.3 Å². The van der Waals surface area contributed by atoms with E-state index in [4.69, 9.17) is 9.84 Å². The lowest BCUT2D eigenvalue weighted by atomic mass is 10.1. The molecule has 0 aliphatic heterocycles. The summed E-state index contributed by atoms with van der Waals surface area (Å²) >= 11 is 0. The molecule has 0 spiro atoms. The molecule has 0 aromatic heterocycles. The number of aromatic carboxylic acids is 1. The molecule has 0 saturated heterocycles. The van der Waals surface area contributed by atoms with Crippen LogP contribution < -0.4 is 0 Å². The van der Waals surface area contributed by atoms with Gasteiger partial charge in [0.1, 0.15) is 0 Å². The summed E-state index contributed by atoms with van der Waals surface area (Å²) in [5.41, 5.74) is 0.910. The molecule has 0 fully saturated rings. The fraction of sp³-hybridized carbons (Fsp3) is 0.462. The maximum Gasteiger partial charge on any atom is 0.335 e. The van der Waals surface area contributed by atoms with Gasteiger partial charge in [0, 0.05) is 20.2 Å². The van der Waals surface area contributed by atoms with Gasteiger partial charge in [-0.05, 0) is 24.6 Å². The highest BCUT2D eigenvalue weighted by Gasteiger charge is 2.17. The van der Waals surface area contributed by atoms with Crippen molar-refractivity contribution < 1.29 is 23.1 Å². The lowest BCUT2D eigenvalue weighted by molar-refractivity contribution is 0.0697. The quantitative estimate of drug-likeness (QED) is 0.729. The third kappa shape index (κ3) is 4.92. The number of ether oxygens (including phenoxy) is 1. The molecule has 20 heavy (non-hydrogen) atoms. The third-order valence-corrected chi connectivity index (χ3v) is 4.53. The first-order chi connectivity index (χ1) is 9.36. The van der Waals surface area contributed by atoms with E-state index in [1.165, 1.54) is 23.5 Å². The van der Waals surface area contributed by atoms with E-state index in [1.54, 1.807) is 19.1 Å². The highest BCUT2D eigenvalue weighted by molar-refractivity contribution is 7.89. The van der Waals surface area contributed by atoms with Crippen LogP contribution in [0.1, 0.15) is 22.8 Å². The van der Waals surface area contributed by atoms with Crippen molar-refractivity contribution in [3.05, 3.63) is 35.4 Å². The zero-order valence-electron chi connectivity index (χ0n) is 11.6. The molecule has 0 amide bonds. The Balaban J connectivity index is 2.65. The smallest absolute Gasteiger partial charge is 0.335 e. The van der Waals surface area contributed by atoms with E-state index in [-0.39, 0.29) is 24.5 Å². The summed E-state index contributed by atoms with van der Waals surface area (Å²) in [5, 5.41) is 8.79. The number of nitrogens with zero attached hydrogens (tertiary/aromatic N) is 1. The van der Waals surface area contributed by atoms with Crippen LogP contribution in [0, 0.1) is 0 Å². The second-order valence-electron chi connectivity index (χ2n) is 4.27. The van der Waals surface area contributed by atoms with Crippen molar-refractivity contribution in [1.29, 1.82) is 0 Å². The molecule has 0 saturated carbocycles. The molecular weight excluding hydrogens is 282 g/mol. The van der Waals surface area contributed by atoms with Gasteiger partial charge in [0.05, 0.1) is 17.9 Å². The van der Waals surface area contributed by atoms with Crippen LogP contribution in [0.5, 0.6) is 0 Å². The van der Waals surface area contributed by atoms with Crippen molar-refractivity contribution in [2.45, 2.75) is 13.5 Å². The molecule has 1 rings (SSSR count). The van der Waals surface area contributed by atoms with Crippen LogP contribution in [0.3, 0.4) is 0 Å². The van der Waals surface area contributed by atoms with Gasteiger partial charge in [-0.1, -0.05) is 12.1 Å². The van der Waals surface area contributed by atoms with Crippen molar-refractivity contribution in [2.75, 3.05) is 26.0 Å². The zero-order chi connectivity index (χ0) is 15.2. The fourth-order valence-electron chi connectivity index (χ4n) is 1.57. The first kappa shape index (κ1) is 16.6. The number of hydrogen-bond acceptors (Lipinski definition) is 4. The first-order valence-electron chi connectivity index (χ1n) is 6.21. The van der Waals surface area contributed by atoms with Gasteiger partial charge in [0.25, 0.3) is 0 Å². The predicted molar refractivity (Wildman–Crippen MR) is 75.1 cm³/mol. The summed E-state index contributed by atoms with van der Waals surface area (Å²) in [6.07, 6.45) is 0. The summed E-state index contributed by atoms with van der Waals surface area (Å²) < 4.78 is 30.2. The zero-order valence-corrected chi connectivity index (χ0v) is 12.4. The van der Waals surface area contributed by atoms with Crippen LogP contribution in [0.4, 0.5) is 0 Å². The number of carboxylic acid groups (broad SMARTS) is 1. The minimum Gasteiger partial charge on any atom is -0.478 e. The second-order valence-corrected chi connectivity index (χ2v) is 6.47. The van der Waals surface area contributed by atoms with Gasteiger partial charge in [-0.2, -0.15) is 0 Å². The average Bonchev–Trinajstić information content (AvgIpc) is 2.39. The van der Waals surface area contributed by atoms with E-state index in [1.807, 2.05) is 0 Å². The molecule has 7 heteroatoms. The topological polar surface area (TPSA) is 83.9 Å². The number of benzene rings is 1. The van der Waals surface area contributed by atoms with Crippen molar-refractivity contribution in [3.63, 3.8) is 0 Å². The Labute approximate surface area is 119 Å². The molecule has 1 aromatic carbocycles. The van der Waals surface area contributed by atoms with E-state index in [0.717, 1.165) is 5.56 Å². The standard InChI is InChI=1S/C13H19NO5S/c1-3-19-8-9-20(17,18)14(2)10-11-4-6-12(7-5-11)13(15)16/h4-7H,3,8-10H2,1-2H3,(H,15,16). The number of sulfonamides is 1. The van der Waals surface area contributed by atoms with Crippen LogP contribution in [0.15, 0.2) is 24.3 Å². The van der Waals surface area contributed by atoms with Gasteiger partial charge in [-0.25, -0.2) is 17.5 Å². The Kier molecular flexibility index (Phi) is 6.12. The normalized spacial score (nSPS) is 11.8. The van der Waals surface area contributed by atoms with Gasteiger partial charge in [0.15, 0.2) is 0 Å². The van der Waals surface area contributed by atoms with Crippen LogP contribution in [0.25, 0.3) is 0 Å². The monoisotopic (exact) mass is 301 g/mol. The summed E-state index contributed by atoms with van der Waals surface area (Å²) in [6.45, 7) is 2.66. The van der Waals surface area contributed by atoms with Crippen molar-refractivity contribution in [2.24, 2.45) is 0 Å². The van der Waals surface area contributed by atoms with E-state index < -0.39 is 16.0 Å². The number of rotatable bonds is 8. The Morgan fingerprint density at radius 3 is 2.40 bits per heavy atom. The summed E-state index contributed by atoms with van der Waals surface area (Å²) in [6, 6.07) is 6.13. The van der Waals surface area contributed by atoms with Crippen molar-refractivity contribution in [3.8, 4) is 0 Å². The van der Waals surface area contributed by atoms with E-state index >= 15 is 0 Å². The fourth-order valence-corrected chi connectivity index (χ4v) is 2.56. The van der Waals surface area contributed by atoms with Gasteiger partial charge >= 0.3 is 5.97 Å². The predicted octanol–water partition coefficient (Wildman–Crippen LogP) is 1.18. The third-order valence-electron chi connectivity index (χ3n) is 2.77. The van der Waals surface area contributed by atoms with E-state index in [0.29, 0.717) is 6.61 Å². The van der Waals surface area contributed by atoms with Gasteiger partial charge in [-0.3, -0.25) is 0 Å². The molecule has 112 valence electrons. The van der Waals surface area contributed by atoms with Gasteiger partial charge < -0.3 is 9.84 Å². The summed E-state index contributed by atoms with van der Waals surface area (Å²) in [5.74, 6) is -1.07. The minimum atomic E-state index is -3.37. The highest BCUT2D eigenvalue weighted by Crippen LogP contribution is 2.10. The molecule has 0 aliphatic rings. The minimum absolute atomic E-state index is 0.0649. The number of hydrogen-bond donors (Lipinski definition) is 1. The lowest BCUT2D eigenvalue weighted by Gasteiger charge is -2.17. The number of carboxylic acids is 1. The van der Waals surface area contributed by atoms with Crippen LogP contribution in [-0.4, -0.2) is 49.8 Å².